The molecule has 6 heteroatoms. The maximum atomic E-state index is 11.8. The Hall–Kier alpha value is -1.79. The van der Waals surface area contributed by atoms with Crippen LogP contribution in [-0.2, 0) is 11.3 Å². The number of benzene rings is 1. The van der Waals surface area contributed by atoms with Crippen molar-refractivity contribution >= 4 is 11.7 Å². The molecule has 24 heavy (non-hydrogen) atoms. The highest BCUT2D eigenvalue weighted by Crippen LogP contribution is 2.16. The van der Waals surface area contributed by atoms with Gasteiger partial charge >= 0.3 is 6.03 Å². The summed E-state index contributed by atoms with van der Waals surface area (Å²) in [5, 5.41) is 5.79. The van der Waals surface area contributed by atoms with Crippen molar-refractivity contribution in [3.63, 3.8) is 0 Å². The number of ether oxygens (including phenoxy) is 1. The van der Waals surface area contributed by atoms with Crippen molar-refractivity contribution in [1.29, 1.82) is 0 Å². The van der Waals surface area contributed by atoms with Crippen molar-refractivity contribution in [2.75, 3.05) is 51.3 Å². The lowest BCUT2D eigenvalue weighted by atomic mass is 10.2. The zero-order valence-electron chi connectivity index (χ0n) is 15.0. The maximum absolute atomic E-state index is 11.8. The van der Waals surface area contributed by atoms with Crippen LogP contribution in [0, 0.1) is 0 Å². The van der Waals surface area contributed by atoms with Crippen LogP contribution in [0.4, 0.5) is 10.5 Å². The van der Waals surface area contributed by atoms with Gasteiger partial charge < -0.3 is 25.2 Å². The van der Waals surface area contributed by atoms with Crippen LogP contribution in [-0.4, -0.2) is 63.4 Å². The maximum Gasteiger partial charge on any atom is 0.315 e. The van der Waals surface area contributed by atoms with Crippen LogP contribution in [0.3, 0.4) is 0 Å². The number of morpholine rings is 1. The molecule has 0 saturated carbocycles. The molecule has 0 atom stereocenters. The number of nitrogens with one attached hydrogen (secondary N) is 2. The van der Waals surface area contributed by atoms with Crippen LogP contribution < -0.4 is 15.5 Å². The first-order chi connectivity index (χ1) is 11.6. The first-order valence-electron chi connectivity index (χ1n) is 8.70. The minimum atomic E-state index is -0.121. The number of carbonyl (C=O) groups is 1. The molecule has 0 unspecified atom stereocenters. The molecular weight excluding hydrogens is 304 g/mol. The molecule has 0 radical (unpaired) electrons. The van der Waals surface area contributed by atoms with Gasteiger partial charge in [0.25, 0.3) is 0 Å². The van der Waals surface area contributed by atoms with E-state index in [0.29, 0.717) is 19.1 Å². The Morgan fingerprint density at radius 2 is 1.88 bits per heavy atom. The lowest BCUT2D eigenvalue weighted by Crippen LogP contribution is -2.40. The summed E-state index contributed by atoms with van der Waals surface area (Å²) >= 11 is 0. The molecule has 1 heterocycles. The highest BCUT2D eigenvalue weighted by molar-refractivity contribution is 5.73. The monoisotopic (exact) mass is 334 g/mol. The zero-order chi connectivity index (χ0) is 17.4. The minimum Gasteiger partial charge on any atom is -0.378 e. The topological polar surface area (TPSA) is 56.8 Å². The Bertz CT molecular complexity index is 498. The van der Waals surface area contributed by atoms with Crippen molar-refractivity contribution in [2.45, 2.75) is 26.4 Å². The molecule has 1 fully saturated rings. The van der Waals surface area contributed by atoms with Crippen LogP contribution >= 0.6 is 0 Å². The summed E-state index contributed by atoms with van der Waals surface area (Å²) in [6.45, 7) is 9.76. The SMILES string of the molecule is CC(C)N(C)CCNC(=O)NCc1ccc(N2CCOCC2)cc1. The number of anilines is 1. The second-order valence-electron chi connectivity index (χ2n) is 6.45. The molecular formula is C18H30N4O2. The Balaban J connectivity index is 1.69. The van der Waals surface area contributed by atoms with Gasteiger partial charge in [0.1, 0.15) is 0 Å². The van der Waals surface area contributed by atoms with E-state index in [4.69, 9.17) is 4.74 Å². The molecule has 2 N–H and O–H groups in total. The summed E-state index contributed by atoms with van der Waals surface area (Å²) in [6.07, 6.45) is 0. The van der Waals surface area contributed by atoms with E-state index in [2.05, 4.69) is 65.6 Å². The first-order valence-corrected chi connectivity index (χ1v) is 8.70. The standard InChI is InChI=1S/C18H30N4O2/c1-15(2)21(3)9-8-19-18(23)20-14-16-4-6-17(7-5-16)22-10-12-24-13-11-22/h4-7,15H,8-14H2,1-3H3,(H2,19,20,23). The lowest BCUT2D eigenvalue weighted by molar-refractivity contribution is 0.122. The fourth-order valence-electron chi connectivity index (χ4n) is 2.49. The summed E-state index contributed by atoms with van der Waals surface area (Å²) in [4.78, 5) is 16.3. The van der Waals surface area contributed by atoms with Gasteiger partial charge in [-0.15, -0.1) is 0 Å². The molecule has 0 aromatic heterocycles. The number of nitrogens with zero attached hydrogens (tertiary/aromatic N) is 2. The summed E-state index contributed by atoms with van der Waals surface area (Å²) < 4.78 is 5.37. The van der Waals surface area contributed by atoms with Gasteiger partial charge in [-0.2, -0.15) is 0 Å². The third-order valence-electron chi connectivity index (χ3n) is 4.40. The number of likely N-dealkylation sites (N-methyl/N-ethyl adjacent to an activating group) is 1. The van der Waals surface area contributed by atoms with Gasteiger partial charge in [0.05, 0.1) is 13.2 Å². The van der Waals surface area contributed by atoms with E-state index >= 15 is 0 Å². The number of hydrogen-bond acceptors (Lipinski definition) is 4. The molecule has 134 valence electrons. The van der Waals surface area contributed by atoms with E-state index in [1.807, 2.05) is 0 Å². The van der Waals surface area contributed by atoms with Gasteiger partial charge in [-0.1, -0.05) is 12.1 Å². The third-order valence-corrected chi connectivity index (χ3v) is 4.40. The van der Waals surface area contributed by atoms with Crippen molar-refractivity contribution < 1.29 is 9.53 Å². The number of carbonyl (C=O) groups excluding carboxylic acids is 1. The number of hydrogen-bond donors (Lipinski definition) is 2. The molecule has 1 aliphatic rings. The van der Waals surface area contributed by atoms with Crippen LogP contribution in [0.1, 0.15) is 19.4 Å². The fourth-order valence-corrected chi connectivity index (χ4v) is 2.49. The highest BCUT2D eigenvalue weighted by atomic mass is 16.5. The summed E-state index contributed by atoms with van der Waals surface area (Å²) in [5.41, 5.74) is 2.31. The Kier molecular flexibility index (Phi) is 7.34. The van der Waals surface area contributed by atoms with E-state index in [9.17, 15) is 4.79 Å². The van der Waals surface area contributed by atoms with E-state index in [1.165, 1.54) is 5.69 Å². The van der Waals surface area contributed by atoms with Gasteiger partial charge in [0.2, 0.25) is 0 Å². The number of urea groups is 1. The van der Waals surface area contributed by atoms with Crippen molar-refractivity contribution in [1.82, 2.24) is 15.5 Å². The average molecular weight is 334 g/mol. The predicted molar refractivity (Wildman–Crippen MR) is 97.5 cm³/mol. The summed E-state index contributed by atoms with van der Waals surface area (Å²) in [6, 6.07) is 8.72. The van der Waals surface area contributed by atoms with E-state index in [-0.39, 0.29) is 6.03 Å². The van der Waals surface area contributed by atoms with Gasteiger partial charge in [0, 0.05) is 44.5 Å². The molecule has 1 saturated heterocycles. The van der Waals surface area contributed by atoms with Crippen LogP contribution in [0.5, 0.6) is 0 Å². The molecule has 0 bridgehead atoms. The Morgan fingerprint density at radius 3 is 2.50 bits per heavy atom. The molecule has 0 aliphatic carbocycles. The Morgan fingerprint density at radius 1 is 1.21 bits per heavy atom. The number of rotatable bonds is 7. The van der Waals surface area contributed by atoms with Gasteiger partial charge in [-0.05, 0) is 38.6 Å². The van der Waals surface area contributed by atoms with Crippen LogP contribution in [0.25, 0.3) is 0 Å². The summed E-state index contributed by atoms with van der Waals surface area (Å²) in [5.74, 6) is 0. The van der Waals surface area contributed by atoms with Crippen molar-refractivity contribution in [3.8, 4) is 0 Å². The Labute approximate surface area is 145 Å². The quantitative estimate of drug-likeness (QED) is 0.796. The zero-order valence-corrected chi connectivity index (χ0v) is 15.0. The van der Waals surface area contributed by atoms with E-state index in [1.54, 1.807) is 0 Å². The molecule has 6 nitrogen and oxygen atoms in total. The summed E-state index contributed by atoms with van der Waals surface area (Å²) in [7, 11) is 2.06. The van der Waals surface area contributed by atoms with Crippen molar-refractivity contribution in [2.24, 2.45) is 0 Å². The van der Waals surface area contributed by atoms with Gasteiger partial charge in [0.15, 0.2) is 0 Å². The van der Waals surface area contributed by atoms with Gasteiger partial charge in [-0.3, -0.25) is 0 Å². The third kappa shape index (κ3) is 6.02. The van der Waals surface area contributed by atoms with Gasteiger partial charge in [-0.25, -0.2) is 4.79 Å². The largest absolute Gasteiger partial charge is 0.378 e. The number of amides is 2. The van der Waals surface area contributed by atoms with E-state index < -0.39 is 0 Å². The van der Waals surface area contributed by atoms with E-state index in [0.717, 1.165) is 38.4 Å². The van der Waals surface area contributed by atoms with Crippen LogP contribution in [0.2, 0.25) is 0 Å². The predicted octanol–water partition coefficient (Wildman–Crippen LogP) is 1.66. The smallest absolute Gasteiger partial charge is 0.315 e. The average Bonchev–Trinajstić information content (AvgIpc) is 2.61. The molecule has 1 aromatic rings. The second-order valence-corrected chi connectivity index (χ2v) is 6.45. The molecule has 1 aromatic carbocycles. The molecule has 0 spiro atoms. The minimum absolute atomic E-state index is 0.121. The lowest BCUT2D eigenvalue weighted by Gasteiger charge is -2.28. The van der Waals surface area contributed by atoms with Crippen molar-refractivity contribution in [3.05, 3.63) is 29.8 Å². The van der Waals surface area contributed by atoms with Crippen LogP contribution in [0.15, 0.2) is 24.3 Å². The fraction of sp³-hybridized carbons (Fsp3) is 0.611. The highest BCUT2D eigenvalue weighted by Gasteiger charge is 2.11. The second kappa shape index (κ2) is 9.49. The molecule has 2 amide bonds. The normalized spacial score (nSPS) is 15.0. The molecule has 2 rings (SSSR count). The molecule has 1 aliphatic heterocycles. The first kappa shape index (κ1) is 18.5.